The molecule has 0 heterocycles. The second kappa shape index (κ2) is 7.73. The lowest BCUT2D eigenvalue weighted by Crippen LogP contribution is -2.33. The van der Waals surface area contributed by atoms with Crippen LogP contribution in [-0.2, 0) is 20.9 Å². The maximum absolute atomic E-state index is 12.1. The Bertz CT molecular complexity index is 1030. The van der Waals surface area contributed by atoms with Gasteiger partial charge in [-0.05, 0) is 70.6 Å². The van der Waals surface area contributed by atoms with Gasteiger partial charge in [0.05, 0.1) is 4.90 Å². The molecule has 29 heavy (non-hydrogen) atoms. The van der Waals surface area contributed by atoms with E-state index >= 15 is 0 Å². The average Bonchev–Trinajstić information content (AvgIpc) is 2.66. The predicted octanol–water partition coefficient (Wildman–Crippen LogP) is 5.89. The Balaban J connectivity index is 1.93. The van der Waals surface area contributed by atoms with Crippen LogP contribution in [0, 0.1) is 0 Å². The van der Waals surface area contributed by atoms with Crippen LogP contribution in [0.15, 0.2) is 47.4 Å². The number of hydrogen-bond acceptors (Lipinski definition) is 2. The Morgan fingerprint density at radius 3 is 2.14 bits per heavy atom. The lowest BCUT2D eigenvalue weighted by atomic mass is 9.63. The molecule has 0 amide bonds. The number of sulfonamides is 1. The van der Waals surface area contributed by atoms with E-state index in [0.717, 1.165) is 5.56 Å². The molecule has 3 nitrogen and oxygen atoms in total. The summed E-state index contributed by atoms with van der Waals surface area (Å²) in [6, 6.07) is 13.9. The minimum Gasteiger partial charge on any atom is -0.211 e. The number of allylic oxidation sites excluding steroid dienone is 1. The highest BCUT2D eigenvalue weighted by Gasteiger charge is 2.36. The van der Waals surface area contributed by atoms with Crippen LogP contribution in [0.25, 0.3) is 11.6 Å². The lowest BCUT2D eigenvalue weighted by Gasteiger charge is -2.42. The normalized spacial score (nSPS) is 18.3. The minimum atomic E-state index is -3.41. The van der Waals surface area contributed by atoms with Gasteiger partial charge in [0.1, 0.15) is 0 Å². The lowest BCUT2D eigenvalue weighted by molar-refractivity contribution is 0.332. The molecule has 0 saturated carbocycles. The Labute approximate surface area is 176 Å². The molecule has 0 aromatic heterocycles. The molecule has 0 saturated heterocycles. The first-order valence-corrected chi connectivity index (χ1v) is 11.9. The van der Waals surface area contributed by atoms with Crippen LogP contribution >= 0.6 is 0 Å². The second-order valence-corrected chi connectivity index (χ2v) is 11.2. The van der Waals surface area contributed by atoms with E-state index in [2.05, 4.69) is 63.6 Å². The van der Waals surface area contributed by atoms with Crippen molar-refractivity contribution < 1.29 is 8.42 Å². The fraction of sp³-hybridized carbons (Fsp3) is 0.440. The zero-order valence-electron chi connectivity index (χ0n) is 18.5. The zero-order chi connectivity index (χ0) is 21.4. The van der Waals surface area contributed by atoms with Crippen LogP contribution in [-0.4, -0.2) is 15.0 Å². The largest absolute Gasteiger partial charge is 0.240 e. The van der Waals surface area contributed by atoms with Crippen molar-refractivity contribution in [2.24, 2.45) is 0 Å². The summed E-state index contributed by atoms with van der Waals surface area (Å²) in [5.41, 5.74) is 6.70. The number of benzene rings is 2. The second-order valence-electron chi connectivity index (χ2n) is 9.43. The Kier molecular flexibility index (Phi) is 5.81. The van der Waals surface area contributed by atoms with E-state index in [9.17, 15) is 8.42 Å². The van der Waals surface area contributed by atoms with Gasteiger partial charge < -0.3 is 0 Å². The summed E-state index contributed by atoms with van der Waals surface area (Å²) in [4.78, 5) is 0.298. The van der Waals surface area contributed by atoms with E-state index in [1.165, 1.54) is 35.1 Å². The average molecular weight is 412 g/mol. The molecule has 4 heteroatoms. The Morgan fingerprint density at radius 1 is 0.966 bits per heavy atom. The third-order valence-electron chi connectivity index (χ3n) is 6.22. The van der Waals surface area contributed by atoms with Gasteiger partial charge in [0.25, 0.3) is 0 Å². The van der Waals surface area contributed by atoms with Crippen molar-refractivity contribution in [3.8, 4) is 0 Å². The van der Waals surface area contributed by atoms with E-state index in [-0.39, 0.29) is 10.8 Å². The fourth-order valence-corrected chi connectivity index (χ4v) is 5.22. The van der Waals surface area contributed by atoms with Crippen LogP contribution in [0.3, 0.4) is 0 Å². The van der Waals surface area contributed by atoms with Crippen LogP contribution in [0.5, 0.6) is 0 Å². The highest BCUT2D eigenvalue weighted by molar-refractivity contribution is 7.89. The molecule has 3 rings (SSSR count). The molecule has 0 fully saturated rings. The van der Waals surface area contributed by atoms with Gasteiger partial charge in [-0.1, -0.05) is 71.0 Å². The Morgan fingerprint density at radius 2 is 1.55 bits per heavy atom. The fourth-order valence-electron chi connectivity index (χ4n) is 4.18. The molecule has 0 aliphatic heterocycles. The quantitative estimate of drug-likeness (QED) is 0.623. The molecule has 1 N–H and O–H groups in total. The van der Waals surface area contributed by atoms with Crippen molar-refractivity contribution in [3.63, 3.8) is 0 Å². The summed E-state index contributed by atoms with van der Waals surface area (Å²) in [6.07, 6.45) is 4.52. The molecule has 2 aromatic rings. The van der Waals surface area contributed by atoms with Crippen molar-refractivity contribution in [1.29, 1.82) is 0 Å². The van der Waals surface area contributed by atoms with Gasteiger partial charge in [0.15, 0.2) is 0 Å². The zero-order valence-corrected chi connectivity index (χ0v) is 19.3. The van der Waals surface area contributed by atoms with Crippen LogP contribution < -0.4 is 4.72 Å². The van der Waals surface area contributed by atoms with Gasteiger partial charge in [0, 0.05) is 6.54 Å². The molecule has 0 atom stereocenters. The maximum atomic E-state index is 12.1. The summed E-state index contributed by atoms with van der Waals surface area (Å²) in [7, 11) is -3.41. The molecule has 2 aromatic carbocycles. The van der Waals surface area contributed by atoms with Crippen LogP contribution in [0.1, 0.15) is 76.6 Å². The van der Waals surface area contributed by atoms with E-state index in [0.29, 0.717) is 11.4 Å². The van der Waals surface area contributed by atoms with Gasteiger partial charge in [-0.25, -0.2) is 13.1 Å². The maximum Gasteiger partial charge on any atom is 0.240 e. The van der Waals surface area contributed by atoms with Gasteiger partial charge >= 0.3 is 0 Å². The number of fused-ring (bicyclic) bond motifs is 1. The van der Waals surface area contributed by atoms with Crippen LogP contribution in [0.2, 0.25) is 0 Å². The minimum absolute atomic E-state index is 0.184. The molecule has 0 unspecified atom stereocenters. The molecule has 156 valence electrons. The first kappa shape index (κ1) is 21.8. The molecular formula is C25H33NO2S. The third-order valence-corrected chi connectivity index (χ3v) is 7.78. The summed E-state index contributed by atoms with van der Waals surface area (Å²) in [5, 5.41) is 0. The van der Waals surface area contributed by atoms with E-state index in [4.69, 9.17) is 0 Å². The molecule has 1 aliphatic carbocycles. The number of hydrogen-bond donors (Lipinski definition) is 1. The van der Waals surface area contributed by atoms with E-state index in [1.54, 1.807) is 19.1 Å². The van der Waals surface area contributed by atoms with Crippen molar-refractivity contribution in [3.05, 3.63) is 64.7 Å². The highest BCUT2D eigenvalue weighted by Crippen LogP contribution is 2.46. The number of rotatable bonds is 5. The third kappa shape index (κ3) is 4.49. The molecule has 0 spiro atoms. The smallest absolute Gasteiger partial charge is 0.211 e. The number of nitrogens with one attached hydrogen (secondary N) is 1. The van der Waals surface area contributed by atoms with Crippen molar-refractivity contribution >= 4 is 21.7 Å². The van der Waals surface area contributed by atoms with Crippen molar-refractivity contribution in [2.45, 2.75) is 70.1 Å². The standard InChI is InChI=1S/C25H33NO2S/c1-7-26-29(27,28)21-11-8-19(9-12-21)16-18(2)20-10-13-22-23(17-20)25(5,6)15-14-24(22,3)4/h8-13,16-17,26H,7,14-15H2,1-6H3. The van der Waals surface area contributed by atoms with Crippen LogP contribution in [0.4, 0.5) is 0 Å². The first-order chi connectivity index (χ1) is 13.5. The summed E-state index contributed by atoms with van der Waals surface area (Å²) < 4.78 is 26.7. The molecule has 1 aliphatic rings. The molecular weight excluding hydrogens is 378 g/mol. The van der Waals surface area contributed by atoms with Crippen molar-refractivity contribution in [1.82, 2.24) is 4.72 Å². The predicted molar refractivity (Wildman–Crippen MR) is 123 cm³/mol. The first-order valence-electron chi connectivity index (χ1n) is 10.4. The topological polar surface area (TPSA) is 46.2 Å². The highest BCUT2D eigenvalue weighted by atomic mass is 32.2. The van der Waals surface area contributed by atoms with E-state index < -0.39 is 10.0 Å². The summed E-state index contributed by atoms with van der Waals surface area (Å²) in [6.45, 7) is 13.6. The van der Waals surface area contributed by atoms with Gasteiger partial charge in [-0.15, -0.1) is 0 Å². The molecule has 0 bridgehead atoms. The van der Waals surface area contributed by atoms with Gasteiger partial charge in [0.2, 0.25) is 10.0 Å². The monoisotopic (exact) mass is 411 g/mol. The van der Waals surface area contributed by atoms with Gasteiger partial charge in [-0.3, -0.25) is 0 Å². The molecule has 0 radical (unpaired) electrons. The summed E-state index contributed by atoms with van der Waals surface area (Å²) in [5.74, 6) is 0. The van der Waals surface area contributed by atoms with E-state index in [1.807, 2.05) is 12.1 Å². The summed E-state index contributed by atoms with van der Waals surface area (Å²) >= 11 is 0. The SMILES string of the molecule is CCNS(=O)(=O)c1ccc(C=C(C)c2ccc3c(c2)C(C)(C)CCC3(C)C)cc1. The Hall–Kier alpha value is -1.91. The van der Waals surface area contributed by atoms with Crippen molar-refractivity contribution in [2.75, 3.05) is 6.54 Å². The van der Waals surface area contributed by atoms with Gasteiger partial charge in [-0.2, -0.15) is 0 Å².